The van der Waals surface area contributed by atoms with Gasteiger partial charge in [0, 0.05) is 23.0 Å². The molecule has 2 aromatic carbocycles. The van der Waals surface area contributed by atoms with Crippen molar-refractivity contribution in [3.63, 3.8) is 0 Å². The van der Waals surface area contributed by atoms with Gasteiger partial charge in [-0.1, -0.05) is 12.1 Å². The van der Waals surface area contributed by atoms with Gasteiger partial charge in [0.25, 0.3) is 5.91 Å². The van der Waals surface area contributed by atoms with Crippen LogP contribution in [0.25, 0.3) is 0 Å². The lowest BCUT2D eigenvalue weighted by atomic mass is 10.1. The van der Waals surface area contributed by atoms with Crippen LogP contribution in [0.4, 0.5) is 16.2 Å². The average molecular weight is 323 g/mol. The highest BCUT2D eigenvalue weighted by molar-refractivity contribution is 6.01. The number of hydrogen-bond donors (Lipinski definition) is 3. The second-order valence-electron chi connectivity index (χ2n) is 6.22. The van der Waals surface area contributed by atoms with Gasteiger partial charge in [-0.25, -0.2) is 4.79 Å². The van der Waals surface area contributed by atoms with Crippen LogP contribution in [-0.2, 0) is 0 Å². The van der Waals surface area contributed by atoms with E-state index in [9.17, 15) is 9.59 Å². The van der Waals surface area contributed by atoms with E-state index in [2.05, 4.69) is 16.0 Å². The Morgan fingerprint density at radius 3 is 2.33 bits per heavy atom. The molecule has 3 amide bonds. The first-order valence-electron chi connectivity index (χ1n) is 8.07. The molecule has 5 heteroatoms. The first-order chi connectivity index (χ1) is 11.5. The van der Waals surface area contributed by atoms with Crippen molar-refractivity contribution in [1.82, 2.24) is 5.32 Å². The predicted molar refractivity (Wildman–Crippen MR) is 95.5 cm³/mol. The summed E-state index contributed by atoms with van der Waals surface area (Å²) in [7, 11) is 0. The quantitative estimate of drug-likeness (QED) is 0.800. The minimum absolute atomic E-state index is 0.0658. The molecule has 0 atom stereocenters. The van der Waals surface area contributed by atoms with E-state index in [0.717, 1.165) is 29.7 Å². The van der Waals surface area contributed by atoms with Crippen LogP contribution in [0.5, 0.6) is 0 Å². The van der Waals surface area contributed by atoms with Crippen LogP contribution < -0.4 is 16.0 Å². The number of amides is 3. The molecule has 0 saturated heterocycles. The molecule has 0 unspecified atom stereocenters. The van der Waals surface area contributed by atoms with Crippen LogP contribution in [0.3, 0.4) is 0 Å². The van der Waals surface area contributed by atoms with Gasteiger partial charge in [0.05, 0.1) is 0 Å². The summed E-state index contributed by atoms with van der Waals surface area (Å²) in [5, 5.41) is 8.55. The van der Waals surface area contributed by atoms with E-state index in [4.69, 9.17) is 0 Å². The molecule has 5 nitrogen and oxygen atoms in total. The Morgan fingerprint density at radius 1 is 0.958 bits per heavy atom. The Morgan fingerprint density at radius 2 is 1.67 bits per heavy atom. The molecule has 0 aromatic heterocycles. The normalized spacial score (nSPS) is 13.2. The smallest absolute Gasteiger partial charge is 0.323 e. The molecule has 0 heterocycles. The maximum Gasteiger partial charge on any atom is 0.323 e. The molecule has 1 aliphatic carbocycles. The van der Waals surface area contributed by atoms with Gasteiger partial charge in [-0.05, 0) is 68.1 Å². The minimum Gasteiger partial charge on any atom is -0.349 e. The van der Waals surface area contributed by atoms with Crippen LogP contribution in [0.1, 0.15) is 34.3 Å². The van der Waals surface area contributed by atoms with Crippen molar-refractivity contribution in [3.05, 3.63) is 59.2 Å². The zero-order valence-corrected chi connectivity index (χ0v) is 13.8. The van der Waals surface area contributed by atoms with Gasteiger partial charge < -0.3 is 16.0 Å². The molecule has 1 aliphatic rings. The third-order valence-electron chi connectivity index (χ3n) is 3.96. The van der Waals surface area contributed by atoms with Gasteiger partial charge in [-0.3, -0.25) is 4.79 Å². The number of carbonyl (C=O) groups excluding carboxylic acids is 2. The zero-order chi connectivity index (χ0) is 17.1. The fraction of sp³-hybridized carbons (Fsp3) is 0.263. The summed E-state index contributed by atoms with van der Waals surface area (Å²) >= 11 is 0. The monoisotopic (exact) mass is 323 g/mol. The van der Waals surface area contributed by atoms with Crippen molar-refractivity contribution in [2.24, 2.45) is 0 Å². The van der Waals surface area contributed by atoms with Crippen LogP contribution in [0.15, 0.2) is 42.5 Å². The van der Waals surface area contributed by atoms with Gasteiger partial charge >= 0.3 is 6.03 Å². The molecule has 1 saturated carbocycles. The van der Waals surface area contributed by atoms with Gasteiger partial charge in [0.1, 0.15) is 0 Å². The van der Waals surface area contributed by atoms with E-state index in [1.807, 2.05) is 32.0 Å². The molecule has 0 bridgehead atoms. The highest BCUT2D eigenvalue weighted by atomic mass is 16.2. The third kappa shape index (κ3) is 4.13. The Balaban J connectivity index is 1.59. The highest BCUT2D eigenvalue weighted by Gasteiger charge is 2.23. The lowest BCUT2D eigenvalue weighted by Crippen LogP contribution is -2.25. The van der Waals surface area contributed by atoms with Crippen LogP contribution in [0, 0.1) is 13.8 Å². The Kier molecular flexibility index (Phi) is 4.51. The van der Waals surface area contributed by atoms with E-state index < -0.39 is 0 Å². The summed E-state index contributed by atoms with van der Waals surface area (Å²) in [5.74, 6) is -0.0658. The molecule has 24 heavy (non-hydrogen) atoms. The second-order valence-corrected chi connectivity index (χ2v) is 6.22. The van der Waals surface area contributed by atoms with Gasteiger partial charge in [-0.2, -0.15) is 0 Å². The molecular formula is C19H21N3O2. The molecule has 0 spiro atoms. The van der Waals surface area contributed by atoms with Gasteiger partial charge in [-0.15, -0.1) is 0 Å². The second kappa shape index (κ2) is 6.74. The Hall–Kier alpha value is -2.82. The molecule has 124 valence electrons. The van der Waals surface area contributed by atoms with E-state index in [1.165, 1.54) is 0 Å². The third-order valence-corrected chi connectivity index (χ3v) is 3.96. The molecule has 0 radical (unpaired) electrons. The fourth-order valence-electron chi connectivity index (χ4n) is 2.36. The summed E-state index contributed by atoms with van der Waals surface area (Å²) in [6, 6.07) is 12.8. The SMILES string of the molecule is Cc1ccc(C)c(NC(=O)Nc2ccc(C(=O)NC3CC3)cc2)c1. The van der Waals surface area contributed by atoms with E-state index >= 15 is 0 Å². The molecule has 3 N–H and O–H groups in total. The van der Waals surface area contributed by atoms with Crippen molar-refractivity contribution >= 4 is 23.3 Å². The summed E-state index contributed by atoms with van der Waals surface area (Å²) in [6.45, 7) is 3.93. The zero-order valence-electron chi connectivity index (χ0n) is 13.8. The predicted octanol–water partition coefficient (Wildman–Crippen LogP) is 3.84. The first-order valence-corrected chi connectivity index (χ1v) is 8.07. The van der Waals surface area contributed by atoms with Crippen LogP contribution in [-0.4, -0.2) is 18.0 Å². The summed E-state index contributed by atoms with van der Waals surface area (Å²) in [6.07, 6.45) is 2.12. The number of hydrogen-bond acceptors (Lipinski definition) is 2. The van der Waals surface area contributed by atoms with Crippen molar-refractivity contribution in [2.45, 2.75) is 32.7 Å². The van der Waals surface area contributed by atoms with Crippen LogP contribution in [0.2, 0.25) is 0 Å². The number of urea groups is 1. The fourth-order valence-corrected chi connectivity index (χ4v) is 2.36. The van der Waals surface area contributed by atoms with E-state index in [-0.39, 0.29) is 11.9 Å². The minimum atomic E-state index is -0.307. The number of anilines is 2. The number of nitrogens with one attached hydrogen (secondary N) is 3. The van der Waals surface area contributed by atoms with Crippen molar-refractivity contribution < 1.29 is 9.59 Å². The van der Waals surface area contributed by atoms with Crippen molar-refractivity contribution in [1.29, 1.82) is 0 Å². The summed E-state index contributed by atoms with van der Waals surface area (Å²) in [5.41, 5.74) is 4.11. The molecule has 1 fully saturated rings. The van der Waals surface area contributed by atoms with Gasteiger partial charge in [0.15, 0.2) is 0 Å². The topological polar surface area (TPSA) is 70.2 Å². The van der Waals surface area contributed by atoms with Crippen molar-refractivity contribution in [3.8, 4) is 0 Å². The number of aryl methyl sites for hydroxylation is 2. The van der Waals surface area contributed by atoms with Gasteiger partial charge in [0.2, 0.25) is 0 Å². The largest absolute Gasteiger partial charge is 0.349 e. The lowest BCUT2D eigenvalue weighted by Gasteiger charge is -2.11. The number of benzene rings is 2. The molecule has 2 aromatic rings. The summed E-state index contributed by atoms with van der Waals surface area (Å²) < 4.78 is 0. The summed E-state index contributed by atoms with van der Waals surface area (Å²) in [4.78, 5) is 24.0. The maximum atomic E-state index is 12.1. The lowest BCUT2D eigenvalue weighted by molar-refractivity contribution is 0.0951. The Labute approximate surface area is 141 Å². The maximum absolute atomic E-state index is 12.1. The van der Waals surface area contributed by atoms with Crippen LogP contribution >= 0.6 is 0 Å². The number of rotatable bonds is 4. The van der Waals surface area contributed by atoms with E-state index in [1.54, 1.807) is 24.3 Å². The number of carbonyl (C=O) groups is 2. The van der Waals surface area contributed by atoms with Crippen molar-refractivity contribution in [2.75, 3.05) is 10.6 Å². The average Bonchev–Trinajstić information content (AvgIpc) is 3.35. The highest BCUT2D eigenvalue weighted by Crippen LogP contribution is 2.20. The molecular weight excluding hydrogens is 302 g/mol. The first kappa shape index (κ1) is 16.1. The molecule has 0 aliphatic heterocycles. The van der Waals surface area contributed by atoms with E-state index in [0.29, 0.717) is 17.3 Å². The standard InChI is InChI=1S/C19H21N3O2/c1-12-3-4-13(2)17(11-12)22-19(24)21-16-7-5-14(6-8-16)18(23)20-15-9-10-15/h3-8,11,15H,9-10H2,1-2H3,(H,20,23)(H2,21,22,24). The Bertz CT molecular complexity index is 765. The molecule has 3 rings (SSSR count).